The summed E-state index contributed by atoms with van der Waals surface area (Å²) in [6.07, 6.45) is 9.85. The number of hydrogen-bond acceptors (Lipinski definition) is 1. The Balaban J connectivity index is 2.38. The van der Waals surface area contributed by atoms with Crippen LogP contribution in [0.2, 0.25) is 0 Å². The summed E-state index contributed by atoms with van der Waals surface area (Å²) in [5.74, 6) is 0. The smallest absolute Gasteiger partial charge is 0.136 e. The Hall–Kier alpha value is -1.31. The SMILES string of the molecule is c1cn2cc3c(cc2n1)CCC3. The van der Waals surface area contributed by atoms with Gasteiger partial charge in [-0.3, -0.25) is 0 Å². The number of imidazole rings is 1. The van der Waals surface area contributed by atoms with Crippen molar-refractivity contribution in [2.24, 2.45) is 0 Å². The molecule has 1 aliphatic rings. The second-order valence-corrected chi connectivity index (χ2v) is 3.37. The van der Waals surface area contributed by atoms with E-state index in [2.05, 4.69) is 21.6 Å². The molecule has 0 fully saturated rings. The molecule has 0 saturated carbocycles. The fourth-order valence-electron chi connectivity index (χ4n) is 1.97. The van der Waals surface area contributed by atoms with E-state index >= 15 is 0 Å². The van der Waals surface area contributed by atoms with Crippen LogP contribution in [-0.4, -0.2) is 9.38 Å². The molecule has 12 heavy (non-hydrogen) atoms. The van der Waals surface area contributed by atoms with Gasteiger partial charge in [0.25, 0.3) is 0 Å². The number of nitrogens with zero attached hydrogens (tertiary/aromatic N) is 2. The van der Waals surface area contributed by atoms with Gasteiger partial charge in [-0.2, -0.15) is 0 Å². The van der Waals surface area contributed by atoms with Gasteiger partial charge >= 0.3 is 0 Å². The lowest BCUT2D eigenvalue weighted by molar-refractivity contribution is 0.910. The minimum atomic E-state index is 1.08. The summed E-state index contributed by atoms with van der Waals surface area (Å²) < 4.78 is 2.10. The molecule has 0 bridgehead atoms. The van der Waals surface area contributed by atoms with E-state index in [9.17, 15) is 0 Å². The second-order valence-electron chi connectivity index (χ2n) is 3.37. The van der Waals surface area contributed by atoms with Crippen molar-refractivity contribution in [3.05, 3.63) is 35.8 Å². The molecular weight excluding hydrogens is 148 g/mol. The Morgan fingerprint density at radius 2 is 2.17 bits per heavy atom. The quantitative estimate of drug-likeness (QED) is 0.571. The molecule has 0 spiro atoms. The van der Waals surface area contributed by atoms with Crippen molar-refractivity contribution in [1.82, 2.24) is 9.38 Å². The highest BCUT2D eigenvalue weighted by Gasteiger charge is 2.11. The third kappa shape index (κ3) is 0.721. The molecule has 0 radical (unpaired) electrons. The molecule has 0 unspecified atom stereocenters. The van der Waals surface area contributed by atoms with Gasteiger partial charge in [0.15, 0.2) is 0 Å². The van der Waals surface area contributed by atoms with Crippen LogP contribution < -0.4 is 0 Å². The summed E-state index contributed by atoms with van der Waals surface area (Å²) in [5.41, 5.74) is 4.07. The summed E-state index contributed by atoms with van der Waals surface area (Å²) in [6, 6.07) is 2.21. The van der Waals surface area contributed by atoms with Crippen molar-refractivity contribution in [1.29, 1.82) is 0 Å². The minimum absolute atomic E-state index is 1.08. The van der Waals surface area contributed by atoms with Gasteiger partial charge in [-0.1, -0.05) is 0 Å². The zero-order chi connectivity index (χ0) is 7.97. The topological polar surface area (TPSA) is 17.3 Å². The summed E-state index contributed by atoms with van der Waals surface area (Å²) in [6.45, 7) is 0. The van der Waals surface area contributed by atoms with E-state index in [-0.39, 0.29) is 0 Å². The number of aromatic nitrogens is 2. The summed E-state index contributed by atoms with van der Waals surface area (Å²) in [4.78, 5) is 4.26. The van der Waals surface area contributed by atoms with Crippen LogP contribution in [0.4, 0.5) is 0 Å². The van der Waals surface area contributed by atoms with E-state index in [1.807, 2.05) is 12.4 Å². The molecule has 0 atom stereocenters. The third-order valence-electron chi connectivity index (χ3n) is 2.60. The van der Waals surface area contributed by atoms with Gasteiger partial charge in [0.2, 0.25) is 0 Å². The first kappa shape index (κ1) is 6.23. The molecule has 60 valence electrons. The fraction of sp³-hybridized carbons (Fsp3) is 0.300. The zero-order valence-electron chi connectivity index (χ0n) is 6.83. The van der Waals surface area contributed by atoms with Gasteiger partial charge in [-0.15, -0.1) is 0 Å². The van der Waals surface area contributed by atoms with E-state index in [1.54, 1.807) is 0 Å². The standard InChI is InChI=1S/C10H10N2/c1-2-8-6-10-11-4-5-12(10)7-9(8)3-1/h4-7H,1-3H2. The normalized spacial score (nSPS) is 15.3. The number of fused-ring (bicyclic) bond motifs is 2. The monoisotopic (exact) mass is 158 g/mol. The largest absolute Gasteiger partial charge is 0.307 e. The molecule has 2 nitrogen and oxygen atoms in total. The van der Waals surface area contributed by atoms with Crippen molar-refractivity contribution in [2.45, 2.75) is 19.3 Å². The summed E-state index contributed by atoms with van der Waals surface area (Å²) in [7, 11) is 0. The lowest BCUT2D eigenvalue weighted by Gasteiger charge is -1.99. The maximum Gasteiger partial charge on any atom is 0.136 e. The van der Waals surface area contributed by atoms with Gasteiger partial charge in [-0.05, 0) is 36.5 Å². The zero-order valence-corrected chi connectivity index (χ0v) is 6.83. The predicted molar refractivity (Wildman–Crippen MR) is 47.2 cm³/mol. The van der Waals surface area contributed by atoms with E-state index in [0.717, 1.165) is 5.65 Å². The molecule has 2 heterocycles. The molecule has 3 rings (SSSR count). The van der Waals surface area contributed by atoms with Crippen molar-refractivity contribution >= 4 is 5.65 Å². The molecule has 0 N–H and O–H groups in total. The lowest BCUT2D eigenvalue weighted by atomic mass is 10.2. The third-order valence-corrected chi connectivity index (χ3v) is 2.60. The van der Waals surface area contributed by atoms with Crippen LogP contribution in [0, 0.1) is 0 Å². The molecule has 1 aliphatic carbocycles. The number of hydrogen-bond donors (Lipinski definition) is 0. The van der Waals surface area contributed by atoms with Crippen LogP contribution in [0.15, 0.2) is 24.7 Å². The van der Waals surface area contributed by atoms with Gasteiger partial charge < -0.3 is 4.40 Å². The maximum atomic E-state index is 4.26. The minimum Gasteiger partial charge on any atom is -0.307 e. The molecule has 2 heteroatoms. The van der Waals surface area contributed by atoms with Crippen LogP contribution >= 0.6 is 0 Å². The van der Waals surface area contributed by atoms with E-state index in [0.29, 0.717) is 0 Å². The average molecular weight is 158 g/mol. The number of aryl methyl sites for hydroxylation is 2. The molecular formula is C10H10N2. The van der Waals surface area contributed by atoms with Crippen molar-refractivity contribution in [3.8, 4) is 0 Å². The van der Waals surface area contributed by atoms with Crippen LogP contribution in [-0.2, 0) is 12.8 Å². The van der Waals surface area contributed by atoms with Crippen LogP contribution in [0.3, 0.4) is 0 Å². The lowest BCUT2D eigenvalue weighted by Crippen LogP contribution is -1.88. The summed E-state index contributed by atoms with van der Waals surface area (Å²) >= 11 is 0. The molecule has 2 aromatic rings. The molecule has 0 aliphatic heterocycles. The maximum absolute atomic E-state index is 4.26. The van der Waals surface area contributed by atoms with Crippen LogP contribution in [0.1, 0.15) is 17.5 Å². The summed E-state index contributed by atoms with van der Waals surface area (Å²) in [5, 5.41) is 0. The molecule has 2 aromatic heterocycles. The Morgan fingerprint density at radius 1 is 1.25 bits per heavy atom. The molecule has 0 amide bonds. The Morgan fingerprint density at radius 3 is 3.17 bits per heavy atom. The fourth-order valence-corrected chi connectivity index (χ4v) is 1.97. The second kappa shape index (κ2) is 2.09. The van der Waals surface area contributed by atoms with Gasteiger partial charge in [0.05, 0.1) is 0 Å². The number of rotatable bonds is 0. The molecule has 0 aromatic carbocycles. The first-order valence-electron chi connectivity index (χ1n) is 4.38. The average Bonchev–Trinajstić information content (AvgIpc) is 2.64. The Bertz CT molecular complexity index is 390. The Kier molecular flexibility index (Phi) is 1.09. The molecule has 0 saturated heterocycles. The number of pyridine rings is 1. The van der Waals surface area contributed by atoms with E-state index in [1.165, 1.54) is 30.4 Å². The van der Waals surface area contributed by atoms with Crippen LogP contribution in [0.5, 0.6) is 0 Å². The van der Waals surface area contributed by atoms with Gasteiger partial charge in [0.1, 0.15) is 5.65 Å². The highest BCUT2D eigenvalue weighted by Crippen LogP contribution is 2.22. The van der Waals surface area contributed by atoms with E-state index < -0.39 is 0 Å². The first-order chi connectivity index (χ1) is 5.93. The predicted octanol–water partition coefficient (Wildman–Crippen LogP) is 1.82. The van der Waals surface area contributed by atoms with Crippen molar-refractivity contribution < 1.29 is 0 Å². The van der Waals surface area contributed by atoms with Gasteiger partial charge in [0, 0.05) is 18.6 Å². The highest BCUT2D eigenvalue weighted by atomic mass is 15.0. The Labute approximate surface area is 70.9 Å². The van der Waals surface area contributed by atoms with Crippen molar-refractivity contribution in [2.75, 3.05) is 0 Å². The van der Waals surface area contributed by atoms with Gasteiger partial charge in [-0.25, -0.2) is 4.98 Å². The van der Waals surface area contributed by atoms with Crippen LogP contribution in [0.25, 0.3) is 5.65 Å². The first-order valence-corrected chi connectivity index (χ1v) is 4.38. The van der Waals surface area contributed by atoms with Crippen molar-refractivity contribution in [3.63, 3.8) is 0 Å². The highest BCUT2D eigenvalue weighted by molar-refractivity contribution is 5.46. The van der Waals surface area contributed by atoms with E-state index in [4.69, 9.17) is 0 Å².